The van der Waals surface area contributed by atoms with Crippen molar-refractivity contribution in [3.8, 4) is 0 Å². The van der Waals surface area contributed by atoms with Crippen LogP contribution >= 0.6 is 0 Å². The molecule has 0 atom stereocenters. The van der Waals surface area contributed by atoms with Gasteiger partial charge in [-0.2, -0.15) is 8.78 Å². The molecule has 0 aliphatic rings. The molecule has 0 saturated carbocycles. The van der Waals surface area contributed by atoms with Gasteiger partial charge in [0.25, 0.3) is 5.91 Å². The highest BCUT2D eigenvalue weighted by Gasteiger charge is 2.33. The molecule has 0 spiro atoms. The van der Waals surface area contributed by atoms with Gasteiger partial charge in [-0.05, 0) is 13.8 Å². The van der Waals surface area contributed by atoms with Gasteiger partial charge in [-0.25, -0.2) is 9.59 Å². The Hall–Kier alpha value is -1.73. The molecule has 0 rings (SSSR count). The average Bonchev–Trinajstić information content (AvgIpc) is 2.25. The molecule has 0 fully saturated rings. The zero-order valence-electron chi connectivity index (χ0n) is 9.37. The summed E-state index contributed by atoms with van der Waals surface area (Å²) in [6.45, 7) is 2.82. The van der Waals surface area contributed by atoms with Crippen LogP contribution in [0.4, 0.5) is 8.78 Å². The van der Waals surface area contributed by atoms with Crippen molar-refractivity contribution in [1.29, 1.82) is 0 Å². The molecule has 0 aliphatic heterocycles. The zero-order valence-corrected chi connectivity index (χ0v) is 9.37. The Morgan fingerprint density at radius 2 is 1.47 bits per heavy atom. The van der Waals surface area contributed by atoms with Gasteiger partial charge in [0.15, 0.2) is 0 Å². The molecule has 0 aromatic heterocycles. The molecule has 0 saturated heterocycles. The van der Waals surface area contributed by atoms with E-state index in [0.29, 0.717) is 0 Å². The number of ether oxygens (including phenoxy) is 2. The fourth-order valence-electron chi connectivity index (χ4n) is 0.871. The number of esters is 2. The van der Waals surface area contributed by atoms with Crippen LogP contribution in [-0.2, 0) is 23.9 Å². The van der Waals surface area contributed by atoms with Crippen LogP contribution in [0.25, 0.3) is 0 Å². The van der Waals surface area contributed by atoms with Gasteiger partial charge in [0.1, 0.15) is 0 Å². The van der Waals surface area contributed by atoms with Gasteiger partial charge in [0.05, 0.1) is 13.2 Å². The van der Waals surface area contributed by atoms with Gasteiger partial charge >= 0.3 is 18.4 Å². The summed E-state index contributed by atoms with van der Waals surface area (Å²) in [7, 11) is 0. The number of carbonyl (C=O) groups excluding carboxylic acids is 3. The van der Waals surface area contributed by atoms with E-state index in [4.69, 9.17) is 0 Å². The Labute approximate surface area is 96.3 Å². The third kappa shape index (κ3) is 5.23. The maximum Gasteiger partial charge on any atom is 0.340 e. The predicted molar refractivity (Wildman–Crippen MR) is 51.2 cm³/mol. The number of amides is 1. The Morgan fingerprint density at radius 1 is 1.06 bits per heavy atom. The van der Waals surface area contributed by atoms with E-state index in [1.54, 1.807) is 5.32 Å². The first kappa shape index (κ1) is 15.3. The molecule has 0 bridgehead atoms. The molecule has 0 aromatic rings. The van der Waals surface area contributed by atoms with Gasteiger partial charge in [-0.3, -0.25) is 4.79 Å². The van der Waals surface area contributed by atoms with Crippen LogP contribution in [0, 0.1) is 0 Å². The first-order valence-corrected chi connectivity index (χ1v) is 4.85. The topological polar surface area (TPSA) is 81.7 Å². The fraction of sp³-hybridized carbons (Fsp3) is 0.667. The fourth-order valence-corrected chi connectivity index (χ4v) is 0.871. The van der Waals surface area contributed by atoms with Crippen LogP contribution in [0.1, 0.15) is 13.8 Å². The second-order valence-electron chi connectivity index (χ2n) is 2.75. The van der Waals surface area contributed by atoms with E-state index in [1.807, 2.05) is 0 Å². The van der Waals surface area contributed by atoms with Crippen LogP contribution < -0.4 is 5.32 Å². The number of nitrogens with one attached hydrogen (secondary N) is 1. The van der Waals surface area contributed by atoms with E-state index in [0.717, 1.165) is 0 Å². The lowest BCUT2D eigenvalue weighted by molar-refractivity contribution is -0.160. The summed E-state index contributed by atoms with van der Waals surface area (Å²) in [6.07, 6.45) is -3.33. The van der Waals surface area contributed by atoms with Crippen molar-refractivity contribution in [2.24, 2.45) is 0 Å². The number of alkyl halides is 2. The first-order valence-electron chi connectivity index (χ1n) is 4.85. The van der Waals surface area contributed by atoms with Crippen LogP contribution in [0.2, 0.25) is 0 Å². The molecule has 0 radical (unpaired) electrons. The molecule has 0 aromatic carbocycles. The molecule has 17 heavy (non-hydrogen) atoms. The van der Waals surface area contributed by atoms with Crippen molar-refractivity contribution in [2.75, 3.05) is 13.2 Å². The SMILES string of the molecule is CCOC(=O)C(NC(=O)C(F)F)C(=O)OCC. The number of halogens is 2. The van der Waals surface area contributed by atoms with Gasteiger partial charge < -0.3 is 14.8 Å². The minimum absolute atomic E-state index is 0.0563. The molecule has 8 heteroatoms. The maximum atomic E-state index is 12.0. The van der Waals surface area contributed by atoms with Crippen molar-refractivity contribution >= 4 is 17.8 Å². The first-order chi connectivity index (χ1) is 7.93. The van der Waals surface area contributed by atoms with E-state index in [1.165, 1.54) is 13.8 Å². The summed E-state index contributed by atoms with van der Waals surface area (Å²) < 4.78 is 32.8. The number of hydrogen-bond donors (Lipinski definition) is 1. The molecule has 1 N–H and O–H groups in total. The van der Waals surface area contributed by atoms with Crippen LogP contribution in [-0.4, -0.2) is 43.5 Å². The summed E-state index contributed by atoms with van der Waals surface area (Å²) in [4.78, 5) is 33.2. The van der Waals surface area contributed by atoms with E-state index in [9.17, 15) is 23.2 Å². The quantitative estimate of drug-likeness (QED) is 0.526. The van der Waals surface area contributed by atoms with Crippen LogP contribution in [0.15, 0.2) is 0 Å². The predicted octanol–water partition coefficient (Wildman–Crippen LogP) is -0.138. The molecule has 98 valence electrons. The van der Waals surface area contributed by atoms with Gasteiger partial charge in [0, 0.05) is 0 Å². The highest BCUT2D eigenvalue weighted by atomic mass is 19.3. The molecule has 1 amide bonds. The summed E-state index contributed by atoms with van der Waals surface area (Å²) in [6, 6.07) is -1.86. The van der Waals surface area contributed by atoms with Crippen molar-refractivity contribution in [3.63, 3.8) is 0 Å². The minimum atomic E-state index is -3.33. The number of hydrogen-bond acceptors (Lipinski definition) is 5. The summed E-state index contributed by atoms with van der Waals surface area (Å²) in [5.74, 6) is -4.02. The van der Waals surface area contributed by atoms with Gasteiger partial charge in [-0.1, -0.05) is 0 Å². The zero-order chi connectivity index (χ0) is 13.4. The van der Waals surface area contributed by atoms with Crippen LogP contribution in [0.3, 0.4) is 0 Å². The number of carbonyl (C=O) groups is 3. The third-order valence-corrected chi connectivity index (χ3v) is 1.53. The van der Waals surface area contributed by atoms with Crippen molar-refractivity contribution in [3.05, 3.63) is 0 Å². The Morgan fingerprint density at radius 3 is 1.76 bits per heavy atom. The molecule has 6 nitrogen and oxygen atoms in total. The molecule has 0 unspecified atom stereocenters. The molecular weight excluding hydrogens is 240 g/mol. The summed E-state index contributed by atoms with van der Waals surface area (Å²) in [5, 5.41) is 1.55. The minimum Gasteiger partial charge on any atom is -0.464 e. The van der Waals surface area contributed by atoms with E-state index in [-0.39, 0.29) is 13.2 Å². The Bertz CT molecular complexity index is 277. The normalized spacial score (nSPS) is 10.2. The van der Waals surface area contributed by atoms with E-state index < -0.39 is 30.3 Å². The van der Waals surface area contributed by atoms with Crippen molar-refractivity contribution in [2.45, 2.75) is 26.3 Å². The Kier molecular flexibility index (Phi) is 6.76. The highest BCUT2D eigenvalue weighted by Crippen LogP contribution is 1.98. The largest absolute Gasteiger partial charge is 0.464 e. The smallest absolute Gasteiger partial charge is 0.340 e. The lowest BCUT2D eigenvalue weighted by Crippen LogP contribution is -2.50. The second kappa shape index (κ2) is 7.53. The highest BCUT2D eigenvalue weighted by molar-refractivity contribution is 6.02. The Balaban J connectivity index is 4.67. The number of rotatable bonds is 6. The molecule has 0 aliphatic carbocycles. The maximum absolute atomic E-state index is 12.0. The lowest BCUT2D eigenvalue weighted by atomic mass is 10.3. The molecule has 0 heterocycles. The molecular formula is C9H13F2NO5. The third-order valence-electron chi connectivity index (χ3n) is 1.53. The lowest BCUT2D eigenvalue weighted by Gasteiger charge is -2.15. The monoisotopic (exact) mass is 253 g/mol. The van der Waals surface area contributed by atoms with E-state index in [2.05, 4.69) is 9.47 Å². The van der Waals surface area contributed by atoms with Crippen LogP contribution in [0.5, 0.6) is 0 Å². The van der Waals surface area contributed by atoms with Gasteiger partial charge in [0.2, 0.25) is 6.04 Å². The summed E-state index contributed by atoms with van der Waals surface area (Å²) >= 11 is 0. The van der Waals surface area contributed by atoms with Crippen molar-refractivity contribution in [1.82, 2.24) is 5.32 Å². The average molecular weight is 253 g/mol. The van der Waals surface area contributed by atoms with Crippen molar-refractivity contribution < 1.29 is 32.6 Å². The second-order valence-corrected chi connectivity index (χ2v) is 2.75. The summed E-state index contributed by atoms with van der Waals surface area (Å²) in [5.41, 5.74) is 0. The van der Waals surface area contributed by atoms with Gasteiger partial charge in [-0.15, -0.1) is 0 Å². The van der Waals surface area contributed by atoms with E-state index >= 15 is 0 Å². The standard InChI is InChI=1S/C9H13F2NO5/c1-3-16-8(14)5(9(15)17-4-2)12-7(13)6(10)11/h5-6H,3-4H2,1-2H3,(H,12,13).